The lowest BCUT2D eigenvalue weighted by atomic mass is 10.2. The molecule has 1 aromatic heterocycles. The molecule has 1 N–H and O–H groups in total. The van der Waals surface area contributed by atoms with Gasteiger partial charge in [-0.2, -0.15) is 0 Å². The van der Waals surface area contributed by atoms with Crippen LogP contribution in [-0.2, 0) is 0 Å². The van der Waals surface area contributed by atoms with Crippen LogP contribution in [0, 0.1) is 0 Å². The number of benzene rings is 1. The van der Waals surface area contributed by atoms with Crippen LogP contribution in [0.25, 0.3) is 0 Å². The highest BCUT2D eigenvalue weighted by atomic mass is 32.2. The molecule has 1 aromatic carbocycles. The second-order valence-electron chi connectivity index (χ2n) is 3.61. The van der Waals surface area contributed by atoms with Gasteiger partial charge >= 0.3 is 0 Å². The summed E-state index contributed by atoms with van der Waals surface area (Å²) in [5.74, 6) is 0.771. The summed E-state index contributed by atoms with van der Waals surface area (Å²) in [7, 11) is 0. The van der Waals surface area contributed by atoms with Gasteiger partial charge < -0.3 is 5.32 Å². The van der Waals surface area contributed by atoms with Crippen molar-refractivity contribution in [2.24, 2.45) is 0 Å². The van der Waals surface area contributed by atoms with Crippen molar-refractivity contribution >= 4 is 23.4 Å². The maximum absolute atomic E-state index is 12.1. The van der Waals surface area contributed by atoms with Crippen LogP contribution in [0.15, 0.2) is 53.7 Å². The molecule has 18 heavy (non-hydrogen) atoms. The number of nitrogens with zero attached hydrogens (tertiary/aromatic N) is 1. The summed E-state index contributed by atoms with van der Waals surface area (Å²) in [5.41, 5.74) is 1.41. The summed E-state index contributed by atoms with van der Waals surface area (Å²) < 4.78 is 0. The van der Waals surface area contributed by atoms with Crippen LogP contribution in [-0.4, -0.2) is 16.6 Å². The molecule has 0 spiro atoms. The second kappa shape index (κ2) is 6.21. The van der Waals surface area contributed by atoms with Gasteiger partial charge in [0.2, 0.25) is 0 Å². The number of nitrogens with one attached hydrogen (secondary N) is 1. The molecule has 2 aromatic rings. The van der Waals surface area contributed by atoms with E-state index in [9.17, 15) is 4.79 Å². The van der Waals surface area contributed by atoms with Crippen molar-refractivity contribution in [3.8, 4) is 0 Å². The van der Waals surface area contributed by atoms with Gasteiger partial charge in [0.15, 0.2) is 0 Å². The van der Waals surface area contributed by atoms with Crippen LogP contribution >= 0.6 is 11.8 Å². The van der Waals surface area contributed by atoms with Gasteiger partial charge in [-0.25, -0.2) is 4.98 Å². The van der Waals surface area contributed by atoms with Gasteiger partial charge in [-0.1, -0.05) is 25.1 Å². The Kier molecular flexibility index (Phi) is 4.36. The highest BCUT2D eigenvalue weighted by Gasteiger charge is 2.11. The van der Waals surface area contributed by atoms with Crippen LogP contribution in [0.3, 0.4) is 0 Å². The van der Waals surface area contributed by atoms with Crippen LogP contribution in [0.5, 0.6) is 0 Å². The molecular weight excluding hydrogens is 244 g/mol. The minimum atomic E-state index is -0.120. The molecule has 0 saturated carbocycles. The van der Waals surface area contributed by atoms with Crippen LogP contribution in [0.2, 0.25) is 0 Å². The standard InChI is InChI=1S/C14H14N2OS/c1-2-18-14-12(9-6-10-15-14)13(17)16-11-7-4-3-5-8-11/h3-10H,2H2,1H3,(H,16,17). The van der Waals surface area contributed by atoms with Crippen molar-refractivity contribution in [1.29, 1.82) is 0 Å². The smallest absolute Gasteiger partial charge is 0.258 e. The van der Waals surface area contributed by atoms with Crippen LogP contribution in [0.1, 0.15) is 17.3 Å². The highest BCUT2D eigenvalue weighted by Crippen LogP contribution is 2.20. The average Bonchev–Trinajstić information content (AvgIpc) is 2.41. The van der Waals surface area contributed by atoms with E-state index in [0.717, 1.165) is 16.5 Å². The molecule has 2 rings (SSSR count). The van der Waals surface area contributed by atoms with E-state index in [1.165, 1.54) is 0 Å². The molecule has 0 radical (unpaired) electrons. The van der Waals surface area contributed by atoms with Crippen molar-refractivity contribution in [2.75, 3.05) is 11.1 Å². The fraction of sp³-hybridized carbons (Fsp3) is 0.143. The van der Waals surface area contributed by atoms with E-state index in [1.54, 1.807) is 30.1 Å². The van der Waals surface area contributed by atoms with Crippen molar-refractivity contribution in [3.05, 3.63) is 54.2 Å². The molecule has 0 aliphatic carbocycles. The first-order valence-electron chi connectivity index (χ1n) is 5.75. The lowest BCUT2D eigenvalue weighted by molar-refractivity contribution is 0.102. The maximum atomic E-state index is 12.1. The summed E-state index contributed by atoms with van der Waals surface area (Å²) >= 11 is 1.57. The Bertz CT molecular complexity index is 528. The molecule has 0 bridgehead atoms. The van der Waals surface area contributed by atoms with Crippen molar-refractivity contribution in [3.63, 3.8) is 0 Å². The molecule has 0 aliphatic heterocycles. The fourth-order valence-electron chi connectivity index (χ4n) is 1.54. The monoisotopic (exact) mass is 258 g/mol. The number of rotatable bonds is 4. The third-order valence-electron chi connectivity index (χ3n) is 2.33. The van der Waals surface area contributed by atoms with E-state index in [-0.39, 0.29) is 5.91 Å². The predicted molar refractivity (Wildman–Crippen MR) is 75.0 cm³/mol. The first-order valence-corrected chi connectivity index (χ1v) is 6.74. The molecule has 4 heteroatoms. The quantitative estimate of drug-likeness (QED) is 0.854. The maximum Gasteiger partial charge on any atom is 0.258 e. The third-order valence-corrected chi connectivity index (χ3v) is 3.22. The Morgan fingerprint density at radius 3 is 2.72 bits per heavy atom. The molecule has 1 amide bonds. The largest absolute Gasteiger partial charge is 0.322 e. The summed E-state index contributed by atoms with van der Waals surface area (Å²) in [4.78, 5) is 16.4. The fourth-order valence-corrected chi connectivity index (χ4v) is 2.26. The molecule has 0 unspecified atom stereocenters. The zero-order chi connectivity index (χ0) is 12.8. The lowest BCUT2D eigenvalue weighted by Crippen LogP contribution is -2.13. The minimum absolute atomic E-state index is 0.120. The number of thioether (sulfide) groups is 1. The van der Waals surface area contributed by atoms with Gasteiger partial charge in [-0.15, -0.1) is 11.8 Å². The summed E-state index contributed by atoms with van der Waals surface area (Å²) in [6.45, 7) is 2.04. The number of carbonyl (C=O) groups excluding carboxylic acids is 1. The van der Waals surface area contributed by atoms with Crippen molar-refractivity contribution < 1.29 is 4.79 Å². The SMILES string of the molecule is CCSc1ncccc1C(=O)Nc1ccccc1. The third kappa shape index (κ3) is 3.11. The Balaban J connectivity index is 2.19. The van der Waals surface area contributed by atoms with E-state index in [2.05, 4.69) is 10.3 Å². The average molecular weight is 258 g/mol. The van der Waals surface area contributed by atoms with Gasteiger partial charge in [0.25, 0.3) is 5.91 Å². The summed E-state index contributed by atoms with van der Waals surface area (Å²) in [5, 5.41) is 3.64. The van der Waals surface area contributed by atoms with Gasteiger partial charge in [0.1, 0.15) is 5.03 Å². The molecule has 0 saturated heterocycles. The zero-order valence-corrected chi connectivity index (χ0v) is 10.9. The Morgan fingerprint density at radius 2 is 2.00 bits per heavy atom. The molecule has 92 valence electrons. The number of pyridine rings is 1. The van der Waals surface area contributed by atoms with Crippen LogP contribution in [0.4, 0.5) is 5.69 Å². The van der Waals surface area contributed by atoms with Gasteiger partial charge in [-0.3, -0.25) is 4.79 Å². The number of hydrogen-bond donors (Lipinski definition) is 1. The van der Waals surface area contributed by atoms with E-state index >= 15 is 0 Å². The molecule has 3 nitrogen and oxygen atoms in total. The van der Waals surface area contributed by atoms with Crippen molar-refractivity contribution in [2.45, 2.75) is 11.9 Å². The Morgan fingerprint density at radius 1 is 1.22 bits per heavy atom. The van der Waals surface area contributed by atoms with E-state index in [4.69, 9.17) is 0 Å². The molecular formula is C14H14N2OS. The Labute approximate surface area is 111 Å². The van der Waals surface area contributed by atoms with Gasteiger partial charge in [-0.05, 0) is 30.0 Å². The molecule has 0 aliphatic rings. The summed E-state index contributed by atoms with van der Waals surface area (Å²) in [6, 6.07) is 13.0. The number of amides is 1. The summed E-state index contributed by atoms with van der Waals surface area (Å²) in [6.07, 6.45) is 1.71. The van der Waals surface area contributed by atoms with E-state index in [0.29, 0.717) is 5.56 Å². The first-order chi connectivity index (χ1) is 8.81. The van der Waals surface area contributed by atoms with Gasteiger partial charge in [0.05, 0.1) is 5.56 Å². The minimum Gasteiger partial charge on any atom is -0.322 e. The molecule has 0 fully saturated rings. The lowest BCUT2D eigenvalue weighted by Gasteiger charge is -2.08. The zero-order valence-electron chi connectivity index (χ0n) is 10.1. The van der Waals surface area contributed by atoms with E-state index < -0.39 is 0 Å². The number of carbonyl (C=O) groups is 1. The van der Waals surface area contributed by atoms with Crippen LogP contribution < -0.4 is 5.32 Å². The number of aromatic nitrogens is 1. The topological polar surface area (TPSA) is 42.0 Å². The van der Waals surface area contributed by atoms with Gasteiger partial charge in [0, 0.05) is 11.9 Å². The predicted octanol–water partition coefficient (Wildman–Crippen LogP) is 3.45. The Hall–Kier alpha value is -1.81. The molecule has 1 heterocycles. The number of hydrogen-bond acceptors (Lipinski definition) is 3. The number of anilines is 1. The first kappa shape index (κ1) is 12.6. The normalized spacial score (nSPS) is 10.1. The second-order valence-corrected chi connectivity index (χ2v) is 4.86. The molecule has 0 atom stereocenters. The highest BCUT2D eigenvalue weighted by molar-refractivity contribution is 7.99. The number of para-hydroxylation sites is 1. The van der Waals surface area contributed by atoms with Crippen molar-refractivity contribution in [1.82, 2.24) is 4.98 Å². The van der Waals surface area contributed by atoms with E-state index in [1.807, 2.05) is 37.3 Å².